The van der Waals surface area contributed by atoms with Crippen molar-refractivity contribution in [2.45, 2.75) is 105 Å². The minimum Gasteiger partial charge on any atom is -0.753 e. The second-order valence-corrected chi connectivity index (χ2v) is 26.2. The monoisotopic (exact) mass is 1340 g/mol. The summed E-state index contributed by atoms with van der Waals surface area (Å²) in [4.78, 5) is 33.0. The van der Waals surface area contributed by atoms with E-state index in [-0.39, 0.29) is 46.7 Å². The third-order valence-electron chi connectivity index (χ3n) is 15.0. The number of benzene rings is 6. The van der Waals surface area contributed by atoms with E-state index in [1.54, 1.807) is 18.3 Å². The fourth-order valence-corrected chi connectivity index (χ4v) is 9.79. The predicted octanol–water partition coefficient (Wildman–Crippen LogP) is 21.8. The quantitative estimate of drug-likeness (QED) is 0.0674. The fraction of sp³-hybridized carbons (Fsp3) is 0.203. The topological polar surface area (TPSA) is 140 Å². The van der Waals surface area contributed by atoms with Gasteiger partial charge in [-0.2, -0.15) is 10.3 Å². The maximum atomic E-state index is 10.7. The number of aromatic nitrogens is 4. The summed E-state index contributed by atoms with van der Waals surface area (Å²) < 4.78 is 0. The average molecular weight is 1340 g/mol. The molecule has 0 atom stereocenters. The van der Waals surface area contributed by atoms with E-state index in [0.29, 0.717) is 11.4 Å². The van der Waals surface area contributed by atoms with Gasteiger partial charge >= 0.3 is 25.4 Å². The third-order valence-corrected chi connectivity index (χ3v) is 15.0. The Morgan fingerprint density at radius 1 is 0.370 bits per heavy atom. The first-order valence-electron chi connectivity index (χ1n) is 29.9. The van der Waals surface area contributed by atoms with Crippen molar-refractivity contribution in [2.24, 2.45) is 0 Å². The van der Waals surface area contributed by atoms with Crippen LogP contribution in [0, 0.1) is 0 Å². The van der Waals surface area contributed by atoms with E-state index in [0.717, 1.165) is 67.8 Å². The number of isothiocyanates is 2. The molecule has 0 bridgehead atoms. The van der Waals surface area contributed by atoms with Gasteiger partial charge in [-0.3, -0.25) is 19.9 Å². The molecular weight excluding hydrogens is 1260 g/mol. The molecule has 10 nitrogen and oxygen atoms in total. The predicted molar refractivity (Wildman–Crippen MR) is 389 cm³/mol. The number of anilines is 6. The summed E-state index contributed by atoms with van der Waals surface area (Å²) in [6.07, 6.45) is 15.4. The van der Waals surface area contributed by atoms with Crippen LogP contribution >= 0.6 is 24.4 Å². The van der Waals surface area contributed by atoms with Gasteiger partial charge in [0, 0.05) is 58.9 Å². The molecule has 4 aromatic heterocycles. The number of carbonyl (C=O) groups is 1. The molecule has 1 N–H and O–H groups in total. The average Bonchev–Trinajstić information content (AvgIpc) is 0.918. The van der Waals surface area contributed by atoms with Crippen molar-refractivity contribution in [2.75, 3.05) is 9.80 Å². The van der Waals surface area contributed by atoms with Gasteiger partial charge in [0.2, 0.25) is 0 Å². The summed E-state index contributed by atoms with van der Waals surface area (Å²) >= 11 is 7.40. The van der Waals surface area contributed by atoms with Crippen LogP contribution in [0.5, 0.6) is 0 Å². The van der Waals surface area contributed by atoms with E-state index in [4.69, 9.17) is 25.9 Å². The number of carboxylic acids is 1. The van der Waals surface area contributed by atoms with E-state index in [2.05, 4.69) is 309 Å². The second-order valence-electron chi connectivity index (χ2n) is 25.8. The molecule has 466 valence electrons. The Morgan fingerprint density at radius 3 is 0.902 bits per heavy atom. The summed E-state index contributed by atoms with van der Waals surface area (Å²) in [5.74, 6) is -0.963. The molecule has 0 saturated carbocycles. The minimum absolute atomic E-state index is 0. The maximum absolute atomic E-state index is 10.7. The van der Waals surface area contributed by atoms with Gasteiger partial charge in [-0.1, -0.05) is 211 Å². The fourth-order valence-electron chi connectivity index (χ4n) is 9.79. The molecule has 92 heavy (non-hydrogen) atoms. The summed E-state index contributed by atoms with van der Waals surface area (Å²) in [5, 5.41) is 25.7. The van der Waals surface area contributed by atoms with E-state index in [1.807, 2.05) is 30.6 Å². The van der Waals surface area contributed by atoms with Crippen LogP contribution in [-0.2, 0) is 41.1 Å². The van der Waals surface area contributed by atoms with Crippen LogP contribution in [0.3, 0.4) is 0 Å². The number of pyridine rings is 4. The van der Waals surface area contributed by atoms with Gasteiger partial charge in [0.25, 0.3) is 0 Å². The molecule has 4 heterocycles. The van der Waals surface area contributed by atoms with Crippen LogP contribution in [0.1, 0.15) is 138 Å². The van der Waals surface area contributed by atoms with Crippen molar-refractivity contribution in [1.82, 2.24) is 19.9 Å². The summed E-state index contributed by atoms with van der Waals surface area (Å²) in [6.45, 7) is 27.1. The largest absolute Gasteiger partial charge is 2.00 e. The number of thiocarbonyl (C=S) groups is 2. The van der Waals surface area contributed by atoms with Crippen molar-refractivity contribution in [1.29, 1.82) is 0 Å². The molecule has 0 amide bonds. The Balaban J connectivity index is 0.000000520. The van der Waals surface area contributed by atoms with Gasteiger partial charge < -0.3 is 25.7 Å². The van der Waals surface area contributed by atoms with Crippen molar-refractivity contribution >= 4 is 99.2 Å². The first-order valence-corrected chi connectivity index (χ1v) is 30.8. The van der Waals surface area contributed by atoms with Crippen LogP contribution in [0.4, 0.5) is 34.1 Å². The Kier molecular flexibility index (Phi) is 25.4. The van der Waals surface area contributed by atoms with E-state index < -0.39 is 5.97 Å². The number of aromatic carboxylic acids is 1. The molecule has 0 aliphatic rings. The molecule has 6 aromatic carbocycles. The van der Waals surface area contributed by atoms with Crippen LogP contribution in [0.15, 0.2) is 225 Å². The molecule has 0 aliphatic heterocycles. The molecule has 13 heteroatoms. The zero-order chi connectivity index (χ0) is 65.9. The van der Waals surface area contributed by atoms with Gasteiger partial charge in [-0.05, 0) is 187 Å². The molecule has 0 saturated heterocycles. The molecule has 0 radical (unpaired) electrons. The molecule has 0 fully saturated rings. The normalized spacial score (nSPS) is 11.3. The molecule has 10 aromatic rings. The Morgan fingerprint density at radius 2 is 0.630 bits per heavy atom. The molecule has 0 aliphatic carbocycles. The molecular formula is C79H78N8O2RuS2. The number of carboxylic acid groups (broad SMARTS) is 1. The summed E-state index contributed by atoms with van der Waals surface area (Å²) in [7, 11) is 0. The van der Waals surface area contributed by atoms with E-state index >= 15 is 0 Å². The molecule has 10 rings (SSSR count). The van der Waals surface area contributed by atoms with Gasteiger partial charge in [-0.15, -0.1) is 0 Å². The van der Waals surface area contributed by atoms with Crippen LogP contribution in [0.25, 0.3) is 57.9 Å². The third kappa shape index (κ3) is 20.4. The van der Waals surface area contributed by atoms with Gasteiger partial charge in [-0.25, -0.2) is 4.79 Å². The minimum atomic E-state index is -0.963. The van der Waals surface area contributed by atoms with Crippen molar-refractivity contribution in [3.63, 3.8) is 0 Å². The number of nitrogens with zero attached hydrogens (tertiary/aromatic N) is 8. The van der Waals surface area contributed by atoms with E-state index in [9.17, 15) is 4.79 Å². The summed E-state index contributed by atoms with van der Waals surface area (Å²) in [6, 6.07) is 70.2. The number of rotatable bonds is 13. The number of hydrogen-bond donors (Lipinski definition) is 1. The zero-order valence-electron chi connectivity index (χ0n) is 54.3. The van der Waals surface area contributed by atoms with E-state index in [1.165, 1.54) is 50.9 Å². The Hall–Kier alpha value is -9.31. The first kappa shape index (κ1) is 71.8. The Labute approximate surface area is 567 Å². The second kappa shape index (κ2) is 32.6. The molecule has 0 spiro atoms. The maximum Gasteiger partial charge on any atom is 2.00 e. The summed E-state index contributed by atoms with van der Waals surface area (Å²) in [5.41, 5.74) is 19.8. The Bertz CT molecular complexity index is 3800. The first-order chi connectivity index (χ1) is 43.3. The van der Waals surface area contributed by atoms with Crippen molar-refractivity contribution in [3.8, 4) is 22.8 Å². The van der Waals surface area contributed by atoms with Crippen LogP contribution in [0.2, 0.25) is 0 Å². The van der Waals surface area contributed by atoms with Crippen LogP contribution < -0.4 is 9.80 Å². The number of hydrogen-bond acceptors (Lipinski definition) is 9. The SMILES string of the molecule is CC(C)(C)c1ccc(N(c2ccc(/C=C/c3ccnc(-c4cc(/C=C/c5ccc(N(c6ccc(C(C)(C)C)cc6)c6ccc(C(C)(C)C)cc6)cc5)ccn4)c3)cc2)c2ccc(C(C)(C)C)cc2)cc1.O=C(O)c1ccnc(-c2ccccn2)c1.[N-]=C=S.[N-]=C=S.[Ru+2]. The zero-order valence-corrected chi connectivity index (χ0v) is 57.6. The van der Waals surface area contributed by atoms with Crippen LogP contribution in [-0.4, -0.2) is 41.3 Å². The standard InChI is InChI=1S/C66H70N4.C11H8N2O2.2CNS.Ru/c1-63(2,3)51-21-33-57(34-22-51)69(58-35-23-52(24-36-58)64(4,5)6)55-29-17-47(18-30-55)13-15-49-41-43-67-61(45-49)62-46-50(42-44-68-62)16-14-48-19-31-56(32-20-48)70(59-37-25-53(26-38-59)65(7,8)9)60-39-27-54(28-40-60)66(10,11)12;14-11(15)8-4-6-13-10(7-8)9-3-1-2-5-12-9;2*2-1-3;/h13-46H,1-12H3;1-7H,(H,14,15);;;/q;;2*-1;+2/b15-13+,16-14+;;;;. The molecule has 0 unspecified atom stereocenters. The smallest absolute Gasteiger partial charge is 0.753 e. The van der Waals surface area contributed by atoms with Gasteiger partial charge in [0.15, 0.2) is 0 Å². The van der Waals surface area contributed by atoms with Gasteiger partial charge in [0.05, 0.1) is 28.3 Å². The van der Waals surface area contributed by atoms with Crippen molar-refractivity contribution in [3.05, 3.63) is 286 Å². The van der Waals surface area contributed by atoms with Gasteiger partial charge in [0.1, 0.15) is 0 Å². The van der Waals surface area contributed by atoms with Crippen molar-refractivity contribution < 1.29 is 29.4 Å².